The minimum Gasteiger partial charge on any atom is -0.327 e. The molecule has 0 aromatic heterocycles. The summed E-state index contributed by atoms with van der Waals surface area (Å²) in [6.45, 7) is 0. The van der Waals surface area contributed by atoms with Gasteiger partial charge < -0.3 is 11.1 Å². The number of carbonyl (C=O) groups is 1. The van der Waals surface area contributed by atoms with E-state index in [1.807, 2.05) is 0 Å². The van der Waals surface area contributed by atoms with Gasteiger partial charge in [0.15, 0.2) is 0 Å². The van der Waals surface area contributed by atoms with E-state index in [9.17, 15) is 9.18 Å². The second-order valence-corrected chi connectivity index (χ2v) is 4.03. The second-order valence-electron chi connectivity index (χ2n) is 3.62. The largest absolute Gasteiger partial charge is 0.327 e. The van der Waals surface area contributed by atoms with E-state index in [0.717, 1.165) is 0 Å². The third kappa shape index (κ3) is 2.27. The Bertz CT molecular complexity index is 410. The zero-order valence-corrected chi connectivity index (χ0v) is 8.59. The van der Waals surface area contributed by atoms with E-state index < -0.39 is 5.82 Å². The highest BCUT2D eigenvalue weighted by atomic mass is 35.5. The molecule has 0 spiro atoms. The fraction of sp³-hybridized carbons (Fsp3) is 0.300. The molecule has 15 heavy (non-hydrogen) atoms. The zero-order chi connectivity index (χ0) is 11.0. The van der Waals surface area contributed by atoms with E-state index in [0.29, 0.717) is 12.1 Å². The number of nitrogens with one attached hydrogen (secondary N) is 1. The first-order valence-electron chi connectivity index (χ1n) is 4.59. The van der Waals surface area contributed by atoms with Crippen molar-refractivity contribution in [2.45, 2.75) is 12.5 Å². The molecule has 3 nitrogen and oxygen atoms in total. The Morgan fingerprint density at radius 3 is 2.80 bits per heavy atom. The van der Waals surface area contributed by atoms with Crippen LogP contribution in [0.2, 0.25) is 5.02 Å². The van der Waals surface area contributed by atoms with Crippen LogP contribution in [0.4, 0.5) is 10.1 Å². The van der Waals surface area contributed by atoms with Gasteiger partial charge >= 0.3 is 0 Å². The standard InChI is InChI=1S/C10H10ClFN2O/c11-7-3-5(1-2-8(7)12)14-10(15)6-4-9(6)13/h1-3,6,9H,4,13H2,(H,14,15). The quantitative estimate of drug-likeness (QED) is 0.811. The lowest BCUT2D eigenvalue weighted by atomic mass is 10.3. The molecule has 1 aliphatic carbocycles. The summed E-state index contributed by atoms with van der Waals surface area (Å²) in [7, 11) is 0. The molecule has 1 aliphatic rings. The van der Waals surface area contributed by atoms with Crippen molar-refractivity contribution >= 4 is 23.2 Å². The first-order valence-corrected chi connectivity index (χ1v) is 4.97. The van der Waals surface area contributed by atoms with E-state index in [4.69, 9.17) is 17.3 Å². The summed E-state index contributed by atoms with van der Waals surface area (Å²) in [5, 5.41) is 2.63. The Labute approximate surface area is 91.4 Å². The molecule has 2 rings (SSSR count). The Hall–Kier alpha value is -1.13. The number of nitrogens with two attached hydrogens (primary N) is 1. The maximum atomic E-state index is 12.8. The molecule has 0 radical (unpaired) electrons. The van der Waals surface area contributed by atoms with Gasteiger partial charge in [-0.1, -0.05) is 11.6 Å². The number of amides is 1. The summed E-state index contributed by atoms with van der Waals surface area (Å²) in [6.07, 6.45) is 0.709. The smallest absolute Gasteiger partial charge is 0.229 e. The van der Waals surface area contributed by atoms with Crippen LogP contribution in [0.3, 0.4) is 0 Å². The molecule has 0 aliphatic heterocycles. The summed E-state index contributed by atoms with van der Waals surface area (Å²) in [5.74, 6) is -0.753. The van der Waals surface area contributed by atoms with Gasteiger partial charge in [0.2, 0.25) is 5.91 Å². The Morgan fingerprint density at radius 1 is 1.60 bits per heavy atom. The lowest BCUT2D eigenvalue weighted by Crippen LogP contribution is -2.18. The summed E-state index contributed by atoms with van der Waals surface area (Å²) in [5.41, 5.74) is 6.02. The van der Waals surface area contributed by atoms with Crippen molar-refractivity contribution < 1.29 is 9.18 Å². The molecule has 0 heterocycles. The number of benzene rings is 1. The average Bonchev–Trinajstić information content (AvgIpc) is 2.89. The van der Waals surface area contributed by atoms with Crippen LogP contribution in [-0.4, -0.2) is 11.9 Å². The molecule has 1 amide bonds. The summed E-state index contributed by atoms with van der Waals surface area (Å²) < 4.78 is 12.8. The minimum absolute atomic E-state index is 0.00658. The Kier molecular flexibility index (Phi) is 2.63. The fourth-order valence-electron chi connectivity index (χ4n) is 1.32. The molecule has 1 saturated carbocycles. The van der Waals surface area contributed by atoms with Gasteiger partial charge in [0.25, 0.3) is 0 Å². The summed E-state index contributed by atoms with van der Waals surface area (Å²) in [6, 6.07) is 4.02. The average molecular weight is 229 g/mol. The first kappa shape index (κ1) is 10.4. The summed E-state index contributed by atoms with van der Waals surface area (Å²) in [4.78, 5) is 11.5. The second kappa shape index (κ2) is 3.79. The SMILES string of the molecule is NC1CC1C(=O)Nc1ccc(F)c(Cl)c1. The molecule has 1 fully saturated rings. The van der Waals surface area contributed by atoms with Crippen LogP contribution in [-0.2, 0) is 4.79 Å². The van der Waals surface area contributed by atoms with Gasteiger partial charge in [0.1, 0.15) is 5.82 Å². The number of hydrogen-bond donors (Lipinski definition) is 2. The fourth-order valence-corrected chi connectivity index (χ4v) is 1.51. The van der Waals surface area contributed by atoms with Gasteiger partial charge in [0.05, 0.1) is 10.9 Å². The molecule has 80 valence electrons. The molecule has 2 atom stereocenters. The highest BCUT2D eigenvalue weighted by Crippen LogP contribution is 2.29. The zero-order valence-electron chi connectivity index (χ0n) is 7.84. The van der Waals surface area contributed by atoms with Crippen molar-refractivity contribution in [3.8, 4) is 0 Å². The third-order valence-electron chi connectivity index (χ3n) is 2.36. The Morgan fingerprint density at radius 2 is 2.27 bits per heavy atom. The van der Waals surface area contributed by atoms with Gasteiger partial charge in [-0.2, -0.15) is 0 Å². The van der Waals surface area contributed by atoms with Crippen LogP contribution < -0.4 is 11.1 Å². The van der Waals surface area contributed by atoms with Gasteiger partial charge in [-0.15, -0.1) is 0 Å². The van der Waals surface area contributed by atoms with E-state index in [1.54, 1.807) is 0 Å². The molecular weight excluding hydrogens is 219 g/mol. The van der Waals surface area contributed by atoms with Gasteiger partial charge in [-0.3, -0.25) is 4.79 Å². The number of halogens is 2. The van der Waals surface area contributed by atoms with E-state index >= 15 is 0 Å². The monoisotopic (exact) mass is 228 g/mol. The lowest BCUT2D eigenvalue weighted by Gasteiger charge is -2.04. The van der Waals surface area contributed by atoms with Crippen molar-refractivity contribution in [3.05, 3.63) is 29.0 Å². The van der Waals surface area contributed by atoms with Crippen LogP contribution in [0, 0.1) is 11.7 Å². The predicted octanol–water partition coefficient (Wildman–Crippen LogP) is 1.76. The number of anilines is 1. The van der Waals surface area contributed by atoms with Crippen LogP contribution in [0.25, 0.3) is 0 Å². The van der Waals surface area contributed by atoms with E-state index in [2.05, 4.69) is 5.32 Å². The number of hydrogen-bond acceptors (Lipinski definition) is 2. The maximum Gasteiger partial charge on any atom is 0.229 e. The van der Waals surface area contributed by atoms with Crippen LogP contribution >= 0.6 is 11.6 Å². The highest BCUT2D eigenvalue weighted by Gasteiger charge is 2.39. The number of carbonyl (C=O) groups excluding carboxylic acids is 1. The number of rotatable bonds is 2. The molecule has 1 aromatic rings. The molecule has 1 aromatic carbocycles. The van der Waals surface area contributed by atoms with E-state index in [-0.39, 0.29) is 22.9 Å². The first-order chi connectivity index (χ1) is 7.08. The van der Waals surface area contributed by atoms with Crippen molar-refractivity contribution in [1.82, 2.24) is 0 Å². The maximum absolute atomic E-state index is 12.8. The van der Waals surface area contributed by atoms with Crippen LogP contribution in [0.5, 0.6) is 0 Å². The topological polar surface area (TPSA) is 55.1 Å². The van der Waals surface area contributed by atoms with Crippen molar-refractivity contribution in [2.24, 2.45) is 11.7 Å². The predicted molar refractivity (Wildman–Crippen MR) is 56.1 cm³/mol. The van der Waals surface area contributed by atoms with Crippen LogP contribution in [0.1, 0.15) is 6.42 Å². The highest BCUT2D eigenvalue weighted by molar-refractivity contribution is 6.31. The molecule has 0 saturated heterocycles. The molecule has 3 N–H and O–H groups in total. The molecule has 2 unspecified atom stereocenters. The van der Waals surface area contributed by atoms with Gasteiger partial charge in [-0.05, 0) is 24.6 Å². The van der Waals surface area contributed by atoms with E-state index in [1.165, 1.54) is 18.2 Å². The third-order valence-corrected chi connectivity index (χ3v) is 2.65. The van der Waals surface area contributed by atoms with Crippen LogP contribution in [0.15, 0.2) is 18.2 Å². The van der Waals surface area contributed by atoms with Gasteiger partial charge in [0, 0.05) is 11.7 Å². The molecule has 0 bridgehead atoms. The Balaban J connectivity index is 2.04. The minimum atomic E-state index is -0.502. The normalized spacial score (nSPS) is 23.7. The summed E-state index contributed by atoms with van der Waals surface area (Å²) >= 11 is 5.57. The molecular formula is C10H10ClFN2O. The molecule has 5 heteroatoms. The lowest BCUT2D eigenvalue weighted by molar-refractivity contribution is -0.117. The van der Waals surface area contributed by atoms with Gasteiger partial charge in [-0.25, -0.2) is 4.39 Å². The van der Waals surface area contributed by atoms with Crippen molar-refractivity contribution in [3.63, 3.8) is 0 Å². The van der Waals surface area contributed by atoms with Crippen molar-refractivity contribution in [1.29, 1.82) is 0 Å². The van der Waals surface area contributed by atoms with Crippen molar-refractivity contribution in [2.75, 3.05) is 5.32 Å².